The molecule has 0 radical (unpaired) electrons. The van der Waals surface area contributed by atoms with Crippen molar-refractivity contribution in [3.8, 4) is 0 Å². The molecule has 1 amide bonds. The molecule has 0 N–H and O–H groups in total. The lowest BCUT2D eigenvalue weighted by Gasteiger charge is -2.27. The van der Waals surface area contributed by atoms with E-state index in [1.54, 1.807) is 0 Å². The minimum absolute atomic E-state index is 0.00713. The zero-order valence-electron chi connectivity index (χ0n) is 19.5. The number of ether oxygens (including phenoxy) is 1. The molecule has 1 fully saturated rings. The van der Waals surface area contributed by atoms with E-state index in [9.17, 15) is 22.0 Å². The topological polar surface area (TPSA) is 79.8 Å². The van der Waals surface area contributed by atoms with Crippen LogP contribution in [0.15, 0.2) is 41.3 Å². The number of amides is 1. The highest BCUT2D eigenvalue weighted by Gasteiger charge is 2.23. The zero-order valence-corrected chi connectivity index (χ0v) is 21.8. The largest absolute Gasteiger partial charge is 0.379 e. The third-order valence-corrected chi connectivity index (χ3v) is 8.96. The van der Waals surface area contributed by atoms with Crippen LogP contribution < -0.4 is 4.90 Å². The molecule has 2 aromatic carbocycles. The summed E-state index contributed by atoms with van der Waals surface area (Å²) in [5.74, 6) is -2.03. The van der Waals surface area contributed by atoms with Gasteiger partial charge in [0, 0.05) is 43.7 Å². The monoisotopic (exact) mass is 557 g/mol. The second-order valence-electron chi connectivity index (χ2n) is 8.46. The third kappa shape index (κ3) is 6.77. The number of morpholine rings is 1. The Balaban J connectivity index is 1.45. The Hall–Kier alpha value is -2.18. The number of carbonyl (C=O) groups excluding carboxylic acids is 1. The molecule has 12 heteroatoms. The van der Waals surface area contributed by atoms with E-state index >= 15 is 0 Å². The van der Waals surface area contributed by atoms with E-state index in [1.807, 2.05) is 0 Å². The lowest BCUT2D eigenvalue weighted by molar-refractivity contribution is -0.118. The summed E-state index contributed by atoms with van der Waals surface area (Å²) in [7, 11) is -3.58. The lowest BCUT2D eigenvalue weighted by Crippen LogP contribution is -2.39. The van der Waals surface area contributed by atoms with Crippen molar-refractivity contribution in [1.29, 1.82) is 0 Å². The summed E-state index contributed by atoms with van der Waals surface area (Å²) in [6, 6.07) is 7.83. The molecule has 1 aliphatic rings. The molecule has 194 valence electrons. The Morgan fingerprint density at radius 3 is 2.58 bits per heavy atom. The standard InChI is InChI=1S/C24H26ClF2N3O4S2/c25-17-4-6-19(7-5-17)36(32,33)14-1-3-22(31)30(9-2-8-29-10-12-34-13-11-29)24-28-23-20(27)15-18(26)16-21(23)35-24/h4-7,15-16H,1-3,8-14H2. The summed E-state index contributed by atoms with van der Waals surface area (Å²) >= 11 is 6.87. The molecule has 4 rings (SSSR count). The Morgan fingerprint density at radius 2 is 1.86 bits per heavy atom. The molecule has 3 aromatic rings. The fourth-order valence-corrected chi connectivity index (χ4v) is 6.46. The van der Waals surface area contributed by atoms with Gasteiger partial charge in [0.15, 0.2) is 20.8 Å². The smallest absolute Gasteiger partial charge is 0.228 e. The molecule has 0 bridgehead atoms. The SMILES string of the molecule is O=C(CCCS(=O)(=O)c1ccc(Cl)cc1)N(CCCN1CCOCC1)c1nc2c(F)cc(F)cc2s1. The van der Waals surface area contributed by atoms with Crippen LogP contribution in [-0.4, -0.2) is 69.4 Å². The molecule has 0 aliphatic carbocycles. The van der Waals surface area contributed by atoms with Crippen molar-refractivity contribution >= 4 is 54.0 Å². The fourth-order valence-electron chi connectivity index (χ4n) is 3.97. The van der Waals surface area contributed by atoms with Crippen molar-refractivity contribution in [2.75, 3.05) is 50.0 Å². The number of halogens is 3. The number of anilines is 1. The van der Waals surface area contributed by atoms with Gasteiger partial charge in [-0.2, -0.15) is 0 Å². The Kier molecular flexibility index (Phi) is 8.89. The second-order valence-corrected chi connectivity index (χ2v) is 12.0. The highest BCUT2D eigenvalue weighted by molar-refractivity contribution is 7.91. The predicted molar refractivity (Wildman–Crippen MR) is 137 cm³/mol. The molecule has 7 nitrogen and oxygen atoms in total. The molecule has 1 aliphatic heterocycles. The van der Waals surface area contributed by atoms with E-state index in [4.69, 9.17) is 16.3 Å². The Bertz CT molecular complexity index is 1310. The normalized spacial score (nSPS) is 14.9. The molecular weight excluding hydrogens is 532 g/mol. The van der Waals surface area contributed by atoms with Crippen LogP contribution in [0.4, 0.5) is 13.9 Å². The van der Waals surface area contributed by atoms with Gasteiger partial charge >= 0.3 is 0 Å². The molecule has 0 atom stereocenters. The van der Waals surface area contributed by atoms with E-state index in [0.717, 1.165) is 37.0 Å². The number of fused-ring (bicyclic) bond motifs is 1. The van der Waals surface area contributed by atoms with Crippen molar-refractivity contribution in [2.24, 2.45) is 0 Å². The number of thiazole rings is 1. The molecule has 0 unspecified atom stereocenters. The highest BCUT2D eigenvalue weighted by Crippen LogP contribution is 2.32. The fraction of sp³-hybridized carbons (Fsp3) is 0.417. The van der Waals surface area contributed by atoms with Crippen LogP contribution in [-0.2, 0) is 19.4 Å². The first-order chi connectivity index (χ1) is 17.2. The molecule has 1 aromatic heterocycles. The van der Waals surface area contributed by atoms with E-state index in [0.29, 0.717) is 35.9 Å². The number of rotatable bonds is 10. The van der Waals surface area contributed by atoms with Gasteiger partial charge in [-0.1, -0.05) is 22.9 Å². The number of nitrogens with zero attached hydrogens (tertiary/aromatic N) is 3. The summed E-state index contributed by atoms with van der Waals surface area (Å²) in [5.41, 5.74) is 0.00713. The number of hydrogen-bond acceptors (Lipinski definition) is 7. The van der Waals surface area contributed by atoms with Gasteiger partial charge in [0.1, 0.15) is 11.3 Å². The first-order valence-corrected chi connectivity index (χ1v) is 14.4. The first-order valence-electron chi connectivity index (χ1n) is 11.6. The maximum absolute atomic E-state index is 14.2. The summed E-state index contributed by atoms with van der Waals surface area (Å²) in [4.78, 5) is 21.3. The number of aromatic nitrogens is 1. The maximum Gasteiger partial charge on any atom is 0.228 e. The van der Waals surface area contributed by atoms with Gasteiger partial charge in [-0.3, -0.25) is 14.6 Å². The van der Waals surface area contributed by atoms with Crippen molar-refractivity contribution in [3.05, 3.63) is 53.1 Å². The Labute approximate surface area is 217 Å². The third-order valence-electron chi connectivity index (χ3n) is 5.87. The number of benzene rings is 2. The lowest BCUT2D eigenvalue weighted by atomic mass is 10.2. The van der Waals surface area contributed by atoms with E-state index < -0.39 is 21.5 Å². The summed E-state index contributed by atoms with van der Waals surface area (Å²) in [6.45, 7) is 4.00. The van der Waals surface area contributed by atoms with E-state index in [2.05, 4.69) is 9.88 Å². The zero-order chi connectivity index (χ0) is 25.7. The van der Waals surface area contributed by atoms with Gasteiger partial charge in [0.2, 0.25) is 5.91 Å². The average Bonchev–Trinajstić information content (AvgIpc) is 3.26. The van der Waals surface area contributed by atoms with Crippen LogP contribution >= 0.6 is 22.9 Å². The van der Waals surface area contributed by atoms with Gasteiger partial charge in [-0.25, -0.2) is 22.2 Å². The van der Waals surface area contributed by atoms with Crippen LogP contribution in [0.1, 0.15) is 19.3 Å². The quantitative estimate of drug-likeness (QED) is 0.364. The predicted octanol–water partition coefficient (Wildman–Crippen LogP) is 4.54. The second kappa shape index (κ2) is 11.9. The highest BCUT2D eigenvalue weighted by atomic mass is 35.5. The number of hydrogen-bond donors (Lipinski definition) is 0. The number of carbonyl (C=O) groups is 1. The first kappa shape index (κ1) is 26.9. The van der Waals surface area contributed by atoms with Gasteiger partial charge < -0.3 is 4.74 Å². The summed E-state index contributed by atoms with van der Waals surface area (Å²) in [6.07, 6.45) is 0.719. The van der Waals surface area contributed by atoms with Crippen LogP contribution in [0.3, 0.4) is 0 Å². The van der Waals surface area contributed by atoms with Crippen molar-refractivity contribution < 1.29 is 26.7 Å². The van der Waals surface area contributed by atoms with Crippen LogP contribution in [0.5, 0.6) is 0 Å². The molecule has 2 heterocycles. The van der Waals surface area contributed by atoms with Crippen LogP contribution in [0.25, 0.3) is 10.2 Å². The molecule has 36 heavy (non-hydrogen) atoms. The van der Waals surface area contributed by atoms with Gasteiger partial charge in [0.05, 0.1) is 28.6 Å². The summed E-state index contributed by atoms with van der Waals surface area (Å²) < 4.78 is 58.9. The maximum atomic E-state index is 14.2. The Morgan fingerprint density at radius 1 is 1.14 bits per heavy atom. The molecular formula is C24H26ClF2N3O4S2. The van der Waals surface area contributed by atoms with Crippen molar-refractivity contribution in [1.82, 2.24) is 9.88 Å². The summed E-state index contributed by atoms with van der Waals surface area (Å²) in [5, 5.41) is 0.700. The minimum atomic E-state index is -3.58. The molecule has 0 spiro atoms. The van der Waals surface area contributed by atoms with Crippen LogP contribution in [0, 0.1) is 11.6 Å². The van der Waals surface area contributed by atoms with Crippen LogP contribution in [0.2, 0.25) is 5.02 Å². The molecule has 1 saturated heterocycles. The molecule has 0 saturated carbocycles. The van der Waals surface area contributed by atoms with E-state index in [-0.39, 0.29) is 40.0 Å². The van der Waals surface area contributed by atoms with Crippen molar-refractivity contribution in [2.45, 2.75) is 24.2 Å². The van der Waals surface area contributed by atoms with Gasteiger partial charge in [0.25, 0.3) is 0 Å². The minimum Gasteiger partial charge on any atom is -0.379 e. The van der Waals surface area contributed by atoms with Gasteiger partial charge in [-0.15, -0.1) is 0 Å². The van der Waals surface area contributed by atoms with E-state index in [1.165, 1.54) is 35.2 Å². The average molecular weight is 558 g/mol. The van der Waals surface area contributed by atoms with Gasteiger partial charge in [-0.05, 0) is 43.2 Å². The number of sulfone groups is 1. The van der Waals surface area contributed by atoms with Crippen molar-refractivity contribution in [3.63, 3.8) is 0 Å².